The smallest absolute Gasteiger partial charge is 0.258 e. The first-order valence-corrected chi connectivity index (χ1v) is 3.58. The molecule has 0 fully saturated rings. The molecule has 0 aromatic heterocycles. The van der Waals surface area contributed by atoms with Crippen molar-refractivity contribution < 1.29 is 9.31 Å². The molecule has 0 saturated heterocycles. The van der Waals surface area contributed by atoms with Crippen molar-refractivity contribution in [2.24, 2.45) is 0 Å². The minimum Gasteiger partial charge on any atom is -0.258 e. The van der Waals surface area contributed by atoms with Gasteiger partial charge in [-0.15, -0.1) is 12.6 Å². The van der Waals surface area contributed by atoms with E-state index in [4.69, 9.17) is 5.26 Å². The van der Waals surface area contributed by atoms with E-state index < -0.39 is 16.3 Å². The quantitative estimate of drug-likeness (QED) is 0.425. The molecule has 1 aromatic carbocycles. The molecular formula is C7H3FN2O2S. The van der Waals surface area contributed by atoms with Crippen LogP contribution in [0.5, 0.6) is 0 Å². The lowest BCUT2D eigenvalue weighted by molar-refractivity contribution is -0.387. The van der Waals surface area contributed by atoms with Crippen molar-refractivity contribution in [3.8, 4) is 6.07 Å². The molecule has 0 N–H and O–H groups in total. The summed E-state index contributed by atoms with van der Waals surface area (Å²) in [6, 6.07) is 3.35. The Morgan fingerprint density at radius 3 is 2.69 bits per heavy atom. The Labute approximate surface area is 78.2 Å². The van der Waals surface area contributed by atoms with Crippen LogP contribution in [0, 0.1) is 27.3 Å². The lowest BCUT2D eigenvalue weighted by Gasteiger charge is -1.98. The minimum absolute atomic E-state index is 0.243. The summed E-state index contributed by atoms with van der Waals surface area (Å²) in [6.45, 7) is 0. The van der Waals surface area contributed by atoms with Crippen LogP contribution < -0.4 is 0 Å². The fraction of sp³-hybridized carbons (Fsp3) is 0. The van der Waals surface area contributed by atoms with E-state index in [0.29, 0.717) is 0 Å². The summed E-state index contributed by atoms with van der Waals surface area (Å²) < 4.78 is 12.8. The first-order valence-electron chi connectivity index (χ1n) is 3.14. The van der Waals surface area contributed by atoms with E-state index in [0.717, 1.165) is 12.1 Å². The van der Waals surface area contributed by atoms with Gasteiger partial charge in [0.1, 0.15) is 22.3 Å². The van der Waals surface area contributed by atoms with Gasteiger partial charge in [-0.25, -0.2) is 4.39 Å². The SMILES string of the molecule is N#Cc1c(F)ccc([N+](=O)[O-])c1S. The van der Waals surface area contributed by atoms with Gasteiger partial charge in [0.15, 0.2) is 0 Å². The topological polar surface area (TPSA) is 66.9 Å². The summed E-state index contributed by atoms with van der Waals surface area (Å²) in [6.07, 6.45) is 0. The molecule has 0 radical (unpaired) electrons. The monoisotopic (exact) mass is 198 g/mol. The van der Waals surface area contributed by atoms with E-state index in [1.807, 2.05) is 0 Å². The summed E-state index contributed by atoms with van der Waals surface area (Å²) in [5.74, 6) is -0.807. The number of nitro benzene ring substituents is 1. The predicted octanol–water partition coefficient (Wildman–Crippen LogP) is 1.89. The van der Waals surface area contributed by atoms with Gasteiger partial charge >= 0.3 is 0 Å². The third kappa shape index (κ3) is 1.60. The zero-order valence-electron chi connectivity index (χ0n) is 6.19. The zero-order chi connectivity index (χ0) is 10.0. The molecule has 4 nitrogen and oxygen atoms in total. The van der Waals surface area contributed by atoms with Crippen molar-refractivity contribution in [2.75, 3.05) is 0 Å². The largest absolute Gasteiger partial charge is 0.284 e. The number of thiol groups is 1. The first-order chi connectivity index (χ1) is 6.07. The van der Waals surface area contributed by atoms with Gasteiger partial charge in [0.05, 0.1) is 4.92 Å². The molecule has 66 valence electrons. The van der Waals surface area contributed by atoms with E-state index in [1.165, 1.54) is 6.07 Å². The van der Waals surface area contributed by atoms with Gasteiger partial charge in [-0.05, 0) is 6.07 Å². The van der Waals surface area contributed by atoms with E-state index in [-0.39, 0.29) is 10.6 Å². The van der Waals surface area contributed by atoms with E-state index in [1.54, 1.807) is 0 Å². The summed E-state index contributed by atoms with van der Waals surface area (Å²) in [5, 5.41) is 18.8. The molecule has 0 aliphatic carbocycles. The number of rotatable bonds is 1. The van der Waals surface area contributed by atoms with Crippen molar-refractivity contribution in [3.63, 3.8) is 0 Å². The second kappa shape index (κ2) is 3.41. The number of hydrogen-bond acceptors (Lipinski definition) is 4. The lowest BCUT2D eigenvalue weighted by Crippen LogP contribution is -1.94. The Morgan fingerprint density at radius 2 is 2.23 bits per heavy atom. The van der Waals surface area contributed by atoms with Gasteiger partial charge in [0, 0.05) is 6.07 Å². The van der Waals surface area contributed by atoms with Crippen molar-refractivity contribution in [2.45, 2.75) is 4.90 Å². The second-order valence-corrected chi connectivity index (χ2v) is 2.61. The number of nitriles is 1. The highest BCUT2D eigenvalue weighted by atomic mass is 32.1. The highest BCUT2D eigenvalue weighted by Crippen LogP contribution is 2.27. The Kier molecular flexibility index (Phi) is 2.49. The van der Waals surface area contributed by atoms with Gasteiger partial charge in [-0.2, -0.15) is 5.26 Å². The molecule has 6 heteroatoms. The summed E-state index contributed by atoms with van der Waals surface area (Å²) in [7, 11) is 0. The number of nitro groups is 1. The van der Waals surface area contributed by atoms with Crippen LogP contribution in [0.4, 0.5) is 10.1 Å². The fourth-order valence-corrected chi connectivity index (χ4v) is 1.12. The third-order valence-corrected chi connectivity index (χ3v) is 1.87. The second-order valence-electron chi connectivity index (χ2n) is 2.16. The molecule has 0 saturated carbocycles. The van der Waals surface area contributed by atoms with Crippen molar-refractivity contribution in [1.29, 1.82) is 5.26 Å². The number of hydrogen-bond donors (Lipinski definition) is 1. The molecule has 0 heterocycles. The standard InChI is InChI=1S/C7H3FN2O2S/c8-5-1-2-6(10(11)12)7(13)4(5)3-9/h1-2,13H. The van der Waals surface area contributed by atoms with Crippen LogP contribution in [-0.4, -0.2) is 4.92 Å². The molecule has 13 heavy (non-hydrogen) atoms. The zero-order valence-corrected chi connectivity index (χ0v) is 7.09. The molecule has 0 unspecified atom stereocenters. The molecule has 0 aliphatic heterocycles. The fourth-order valence-electron chi connectivity index (χ4n) is 0.809. The Balaban J connectivity index is 3.47. The summed E-state index contributed by atoms with van der Waals surface area (Å²) >= 11 is 3.70. The van der Waals surface area contributed by atoms with Crippen LogP contribution in [-0.2, 0) is 0 Å². The summed E-state index contributed by atoms with van der Waals surface area (Å²) in [4.78, 5) is 9.36. The average molecular weight is 198 g/mol. The molecule has 0 bridgehead atoms. The van der Waals surface area contributed by atoms with Crippen LogP contribution in [0.1, 0.15) is 5.56 Å². The number of benzene rings is 1. The predicted molar refractivity (Wildman–Crippen MR) is 45.0 cm³/mol. The van der Waals surface area contributed by atoms with Crippen molar-refractivity contribution in [3.05, 3.63) is 33.6 Å². The normalized spacial score (nSPS) is 9.31. The summed E-state index contributed by atoms with van der Waals surface area (Å²) in [5.41, 5.74) is -0.779. The number of nitrogens with zero attached hydrogens (tertiary/aromatic N) is 2. The average Bonchev–Trinajstić information content (AvgIpc) is 2.04. The third-order valence-electron chi connectivity index (χ3n) is 1.41. The minimum atomic E-state index is -0.807. The van der Waals surface area contributed by atoms with Gasteiger partial charge < -0.3 is 0 Å². The van der Waals surface area contributed by atoms with Gasteiger partial charge in [-0.3, -0.25) is 10.1 Å². The molecule has 1 aromatic rings. The maximum absolute atomic E-state index is 12.8. The van der Waals surface area contributed by atoms with Crippen LogP contribution in [0.3, 0.4) is 0 Å². The molecule has 0 spiro atoms. The molecule has 0 amide bonds. The van der Waals surface area contributed by atoms with Crippen LogP contribution in [0.25, 0.3) is 0 Å². The van der Waals surface area contributed by atoms with E-state index >= 15 is 0 Å². The lowest BCUT2D eigenvalue weighted by atomic mass is 10.2. The van der Waals surface area contributed by atoms with Gasteiger partial charge in [-0.1, -0.05) is 0 Å². The van der Waals surface area contributed by atoms with Crippen LogP contribution in [0.2, 0.25) is 0 Å². The maximum atomic E-state index is 12.8. The van der Waals surface area contributed by atoms with Crippen molar-refractivity contribution in [1.82, 2.24) is 0 Å². The van der Waals surface area contributed by atoms with Crippen LogP contribution in [0.15, 0.2) is 17.0 Å². The highest BCUT2D eigenvalue weighted by molar-refractivity contribution is 7.80. The Bertz CT molecular complexity index is 414. The van der Waals surface area contributed by atoms with E-state index in [2.05, 4.69) is 12.6 Å². The van der Waals surface area contributed by atoms with Crippen LogP contribution >= 0.6 is 12.6 Å². The molecule has 0 aliphatic rings. The Morgan fingerprint density at radius 1 is 1.62 bits per heavy atom. The molecule has 0 atom stereocenters. The highest BCUT2D eigenvalue weighted by Gasteiger charge is 2.17. The molecule has 1 rings (SSSR count). The maximum Gasteiger partial charge on any atom is 0.284 e. The van der Waals surface area contributed by atoms with E-state index in [9.17, 15) is 14.5 Å². The first kappa shape index (κ1) is 9.48. The van der Waals surface area contributed by atoms with Gasteiger partial charge in [0.25, 0.3) is 5.69 Å². The van der Waals surface area contributed by atoms with Gasteiger partial charge in [0.2, 0.25) is 0 Å². The number of halogens is 1. The Hall–Kier alpha value is -1.61. The molecular weight excluding hydrogens is 195 g/mol. The van der Waals surface area contributed by atoms with Crippen molar-refractivity contribution >= 4 is 18.3 Å².